The van der Waals surface area contributed by atoms with Crippen molar-refractivity contribution >= 4 is 5.91 Å². The molecule has 1 amide bonds. The van der Waals surface area contributed by atoms with E-state index in [-0.39, 0.29) is 13.1 Å². The van der Waals surface area contributed by atoms with Crippen LogP contribution >= 0.6 is 0 Å². The van der Waals surface area contributed by atoms with Gasteiger partial charge in [-0.25, -0.2) is 4.79 Å². The molecule has 1 N–H and O–H groups in total. The van der Waals surface area contributed by atoms with E-state index in [9.17, 15) is 14.4 Å². The highest BCUT2D eigenvalue weighted by molar-refractivity contribution is 5.91. The lowest BCUT2D eigenvalue weighted by molar-refractivity contribution is 0.0940. The molecule has 2 aromatic heterocycles. The van der Waals surface area contributed by atoms with E-state index in [0.717, 1.165) is 9.25 Å². The van der Waals surface area contributed by atoms with Gasteiger partial charge >= 0.3 is 5.69 Å². The molecule has 0 radical (unpaired) electrons. The van der Waals surface area contributed by atoms with Gasteiger partial charge in [-0.3, -0.25) is 19.1 Å². The number of nitrogens with zero attached hydrogens (tertiary/aromatic N) is 4. The molecule has 0 atom stereocenters. The lowest BCUT2D eigenvalue weighted by Crippen LogP contribution is -2.46. The second-order valence-electron chi connectivity index (χ2n) is 7.49. The summed E-state index contributed by atoms with van der Waals surface area (Å²) in [6.45, 7) is 0.0202. The minimum atomic E-state index is -0.805. The number of rotatable bonds is 8. The molecule has 4 aromatic rings. The van der Waals surface area contributed by atoms with Crippen molar-refractivity contribution in [1.82, 2.24) is 24.6 Å². The van der Waals surface area contributed by atoms with Gasteiger partial charge in [0.15, 0.2) is 0 Å². The molecule has 0 aliphatic rings. The average Bonchev–Trinajstić information content (AvgIpc) is 2.90. The van der Waals surface area contributed by atoms with Gasteiger partial charge in [0.1, 0.15) is 11.5 Å². The van der Waals surface area contributed by atoms with Gasteiger partial charge in [-0.2, -0.15) is 9.78 Å². The molecule has 2 aromatic carbocycles. The van der Waals surface area contributed by atoms with E-state index in [1.165, 1.54) is 14.2 Å². The van der Waals surface area contributed by atoms with Crippen LogP contribution in [0.5, 0.6) is 11.5 Å². The second kappa shape index (κ2) is 10.5. The number of amides is 1. The van der Waals surface area contributed by atoms with Gasteiger partial charge in [0.2, 0.25) is 5.69 Å². The Morgan fingerprint density at radius 3 is 2.40 bits per heavy atom. The van der Waals surface area contributed by atoms with Crippen LogP contribution < -0.4 is 26.0 Å². The maximum absolute atomic E-state index is 13.3. The van der Waals surface area contributed by atoms with Crippen LogP contribution in [0.25, 0.3) is 5.69 Å². The topological polar surface area (TPSA) is 117 Å². The summed E-state index contributed by atoms with van der Waals surface area (Å²) in [4.78, 5) is 43.7. The molecule has 10 nitrogen and oxygen atoms in total. The van der Waals surface area contributed by atoms with Crippen LogP contribution in [-0.4, -0.2) is 39.5 Å². The van der Waals surface area contributed by atoms with E-state index in [1.807, 2.05) is 0 Å². The first-order chi connectivity index (χ1) is 17.0. The standard InChI is InChI=1S/C25H23N5O5/c1-34-20-11-9-19(10-12-20)30-25(33)29(16-17-6-5-8-21(14-17)35-2)24(32)22(28-30)23(31)27-15-18-7-3-4-13-26-18/h3-14H,15-16H2,1-2H3,(H,27,31). The Balaban J connectivity index is 1.78. The normalized spacial score (nSPS) is 10.6. The van der Waals surface area contributed by atoms with E-state index in [2.05, 4.69) is 15.4 Å². The lowest BCUT2D eigenvalue weighted by Gasteiger charge is -2.13. The van der Waals surface area contributed by atoms with Gasteiger partial charge in [-0.15, -0.1) is 0 Å². The molecule has 4 rings (SSSR count). The Hall–Kier alpha value is -4.73. The maximum Gasteiger partial charge on any atom is 0.352 e. The summed E-state index contributed by atoms with van der Waals surface area (Å²) in [7, 11) is 3.05. The molecule has 0 bridgehead atoms. The molecular weight excluding hydrogens is 450 g/mol. The van der Waals surface area contributed by atoms with Crippen molar-refractivity contribution in [2.75, 3.05) is 14.2 Å². The third-order valence-corrected chi connectivity index (χ3v) is 5.22. The van der Waals surface area contributed by atoms with Crippen molar-refractivity contribution in [3.8, 4) is 17.2 Å². The quantitative estimate of drug-likeness (QED) is 0.415. The third-order valence-electron chi connectivity index (χ3n) is 5.22. The summed E-state index contributed by atoms with van der Waals surface area (Å²) >= 11 is 0. The van der Waals surface area contributed by atoms with Crippen LogP contribution in [0.3, 0.4) is 0 Å². The summed E-state index contributed by atoms with van der Waals surface area (Å²) < 4.78 is 12.4. The summed E-state index contributed by atoms with van der Waals surface area (Å²) in [6.07, 6.45) is 1.60. The summed E-state index contributed by atoms with van der Waals surface area (Å²) in [5.41, 5.74) is -0.282. The molecule has 0 fully saturated rings. The van der Waals surface area contributed by atoms with Gasteiger partial charge in [0, 0.05) is 6.20 Å². The summed E-state index contributed by atoms with van der Waals surface area (Å²) in [5.74, 6) is 0.440. The first-order valence-electron chi connectivity index (χ1n) is 10.7. The highest BCUT2D eigenvalue weighted by Crippen LogP contribution is 2.14. The Labute approximate surface area is 200 Å². The van der Waals surface area contributed by atoms with Crippen molar-refractivity contribution in [3.05, 3.63) is 111 Å². The summed E-state index contributed by atoms with van der Waals surface area (Å²) in [5, 5.41) is 6.77. The van der Waals surface area contributed by atoms with Crippen LogP contribution in [0.15, 0.2) is 82.5 Å². The van der Waals surface area contributed by atoms with Gasteiger partial charge < -0.3 is 14.8 Å². The van der Waals surface area contributed by atoms with Crippen molar-refractivity contribution in [2.24, 2.45) is 0 Å². The molecule has 0 saturated heterocycles. The smallest absolute Gasteiger partial charge is 0.352 e. The largest absolute Gasteiger partial charge is 0.497 e. The van der Waals surface area contributed by atoms with E-state index in [1.54, 1.807) is 72.9 Å². The molecule has 0 unspecified atom stereocenters. The van der Waals surface area contributed by atoms with Crippen LogP contribution in [-0.2, 0) is 13.1 Å². The molecule has 0 aliphatic heterocycles. The van der Waals surface area contributed by atoms with E-state index in [4.69, 9.17) is 9.47 Å². The first-order valence-corrected chi connectivity index (χ1v) is 10.7. The molecule has 0 saturated carbocycles. The lowest BCUT2D eigenvalue weighted by atomic mass is 10.2. The van der Waals surface area contributed by atoms with Crippen LogP contribution in [0.1, 0.15) is 21.7 Å². The molecule has 178 valence electrons. The van der Waals surface area contributed by atoms with E-state index < -0.39 is 22.9 Å². The minimum absolute atomic E-state index is 0.0753. The number of pyridine rings is 1. The number of aromatic nitrogens is 4. The zero-order valence-corrected chi connectivity index (χ0v) is 19.2. The zero-order valence-electron chi connectivity index (χ0n) is 19.2. The molecule has 0 aliphatic carbocycles. The SMILES string of the molecule is COc1ccc(-n2nc(C(=O)NCc3ccccn3)c(=O)n(Cc3cccc(OC)c3)c2=O)cc1. The monoisotopic (exact) mass is 473 g/mol. The number of carbonyl (C=O) groups excluding carboxylic acids is 1. The Kier molecular flexibility index (Phi) is 7.01. The number of benzene rings is 2. The van der Waals surface area contributed by atoms with Crippen LogP contribution in [0.4, 0.5) is 0 Å². The number of hydrogen-bond acceptors (Lipinski definition) is 7. The van der Waals surface area contributed by atoms with Crippen molar-refractivity contribution in [2.45, 2.75) is 13.1 Å². The number of hydrogen-bond donors (Lipinski definition) is 1. The Bertz CT molecular complexity index is 1450. The van der Waals surface area contributed by atoms with Gasteiger partial charge in [0.05, 0.1) is 38.7 Å². The Morgan fingerprint density at radius 1 is 0.943 bits per heavy atom. The van der Waals surface area contributed by atoms with Crippen molar-refractivity contribution in [3.63, 3.8) is 0 Å². The third kappa shape index (κ3) is 5.27. The molecular formula is C25H23N5O5. The number of carbonyl (C=O) groups is 1. The van der Waals surface area contributed by atoms with Crippen LogP contribution in [0, 0.1) is 0 Å². The summed E-state index contributed by atoms with van der Waals surface area (Å²) in [6, 6.07) is 18.8. The van der Waals surface area contributed by atoms with Crippen molar-refractivity contribution in [1.29, 1.82) is 0 Å². The molecule has 35 heavy (non-hydrogen) atoms. The van der Waals surface area contributed by atoms with Crippen LogP contribution in [0.2, 0.25) is 0 Å². The fourth-order valence-corrected chi connectivity index (χ4v) is 3.40. The molecule has 10 heteroatoms. The number of nitrogens with one attached hydrogen (secondary N) is 1. The first kappa shape index (κ1) is 23.4. The fourth-order valence-electron chi connectivity index (χ4n) is 3.40. The zero-order chi connectivity index (χ0) is 24.8. The van der Waals surface area contributed by atoms with Gasteiger partial charge in [0.25, 0.3) is 11.5 Å². The number of ether oxygens (including phenoxy) is 2. The predicted molar refractivity (Wildman–Crippen MR) is 128 cm³/mol. The van der Waals surface area contributed by atoms with Crippen molar-refractivity contribution < 1.29 is 14.3 Å². The maximum atomic E-state index is 13.3. The minimum Gasteiger partial charge on any atom is -0.497 e. The molecule has 0 spiro atoms. The molecule has 2 heterocycles. The number of methoxy groups -OCH3 is 2. The van der Waals surface area contributed by atoms with Gasteiger partial charge in [-0.1, -0.05) is 18.2 Å². The second-order valence-corrected chi connectivity index (χ2v) is 7.49. The fraction of sp³-hybridized carbons (Fsp3) is 0.160. The average molecular weight is 473 g/mol. The van der Waals surface area contributed by atoms with E-state index in [0.29, 0.717) is 28.4 Å². The predicted octanol–water partition coefficient (Wildman–Crippen LogP) is 1.78. The van der Waals surface area contributed by atoms with E-state index >= 15 is 0 Å². The van der Waals surface area contributed by atoms with Gasteiger partial charge in [-0.05, 0) is 54.1 Å². The Morgan fingerprint density at radius 2 is 1.71 bits per heavy atom. The highest BCUT2D eigenvalue weighted by atomic mass is 16.5. The highest BCUT2D eigenvalue weighted by Gasteiger charge is 2.20.